The van der Waals surface area contributed by atoms with E-state index in [-0.39, 0.29) is 18.1 Å². The van der Waals surface area contributed by atoms with Crippen molar-refractivity contribution in [3.05, 3.63) is 23.8 Å². The Kier molecular flexibility index (Phi) is 5.05. The number of nitrogen functional groups attached to an aromatic ring is 1. The first-order valence-electron chi connectivity index (χ1n) is 5.64. The summed E-state index contributed by atoms with van der Waals surface area (Å²) in [6, 6.07) is 4.51. The highest BCUT2D eigenvalue weighted by molar-refractivity contribution is 5.95. The molecule has 5 nitrogen and oxygen atoms in total. The number of carbonyl (C=O) groups excluding carboxylic acids is 1. The average Bonchev–Trinajstić information content (AvgIpc) is 2.35. The lowest BCUT2D eigenvalue weighted by Gasteiger charge is -2.15. The van der Waals surface area contributed by atoms with Crippen molar-refractivity contribution in [2.24, 2.45) is 0 Å². The summed E-state index contributed by atoms with van der Waals surface area (Å²) in [4.78, 5) is 13.1. The van der Waals surface area contributed by atoms with Crippen LogP contribution in [0.3, 0.4) is 0 Å². The Morgan fingerprint density at radius 3 is 2.58 bits per heavy atom. The van der Waals surface area contributed by atoms with Gasteiger partial charge in [-0.1, -0.05) is 0 Å². The third-order valence-electron chi connectivity index (χ3n) is 2.50. The molecule has 0 bridgehead atoms. The van der Waals surface area contributed by atoms with Gasteiger partial charge in [0.1, 0.15) is 6.10 Å². The van der Waals surface area contributed by atoms with Crippen LogP contribution in [0.5, 0.6) is 0 Å². The third-order valence-corrected chi connectivity index (χ3v) is 2.50. The number of anilines is 2. The Morgan fingerprint density at radius 2 is 2.11 bits per heavy atom. The van der Waals surface area contributed by atoms with Crippen LogP contribution in [0.25, 0.3) is 0 Å². The van der Waals surface area contributed by atoms with Crippen LogP contribution in [0, 0.1) is 0 Å². The van der Waals surface area contributed by atoms with E-state index in [1.54, 1.807) is 14.1 Å². The first kappa shape index (κ1) is 15.2. The van der Waals surface area contributed by atoms with Gasteiger partial charge in [-0.2, -0.15) is 0 Å². The molecule has 0 heterocycles. The van der Waals surface area contributed by atoms with E-state index < -0.39 is 12.5 Å². The predicted molar refractivity (Wildman–Crippen MR) is 69.4 cm³/mol. The van der Waals surface area contributed by atoms with E-state index in [9.17, 15) is 13.6 Å². The molecule has 0 aliphatic carbocycles. The number of aliphatic hydroxyl groups excluding tert-OH is 1. The Morgan fingerprint density at radius 1 is 1.47 bits per heavy atom. The minimum absolute atomic E-state index is 0.203. The van der Waals surface area contributed by atoms with Crippen molar-refractivity contribution in [2.45, 2.75) is 12.5 Å². The Hall–Kier alpha value is -1.89. The van der Waals surface area contributed by atoms with Crippen LogP contribution >= 0.6 is 0 Å². The summed E-state index contributed by atoms with van der Waals surface area (Å²) < 4.78 is 24.2. The summed E-state index contributed by atoms with van der Waals surface area (Å²) in [7, 11) is 3.23. The lowest BCUT2D eigenvalue weighted by atomic mass is 10.1. The molecule has 1 unspecified atom stereocenters. The topological polar surface area (TPSA) is 78.6 Å². The van der Waals surface area contributed by atoms with Crippen molar-refractivity contribution in [3.63, 3.8) is 0 Å². The molecule has 0 saturated carbocycles. The van der Waals surface area contributed by atoms with Gasteiger partial charge in [-0.15, -0.1) is 0 Å². The highest BCUT2D eigenvalue weighted by Crippen LogP contribution is 2.20. The molecule has 0 fully saturated rings. The monoisotopic (exact) mass is 273 g/mol. The standard InChI is InChI=1S/C12H17F2N3O2/c1-17(2)12(19)7-3-4-9(8(15)5-7)16-6-10(18)11(13)14/h3-5,10-11,16,18H,6,15H2,1-2H3. The number of aliphatic hydroxyl groups is 1. The quantitative estimate of drug-likeness (QED) is 0.700. The average molecular weight is 273 g/mol. The van der Waals surface area contributed by atoms with Crippen molar-refractivity contribution in [1.82, 2.24) is 4.90 Å². The maximum absolute atomic E-state index is 12.1. The zero-order valence-corrected chi connectivity index (χ0v) is 10.7. The fourth-order valence-corrected chi connectivity index (χ4v) is 1.42. The van der Waals surface area contributed by atoms with Gasteiger partial charge < -0.3 is 21.1 Å². The molecule has 7 heteroatoms. The van der Waals surface area contributed by atoms with E-state index in [2.05, 4.69) is 5.32 Å². The van der Waals surface area contributed by atoms with E-state index in [0.717, 1.165) is 0 Å². The zero-order valence-electron chi connectivity index (χ0n) is 10.7. The summed E-state index contributed by atoms with van der Waals surface area (Å²) >= 11 is 0. The molecule has 1 aromatic rings. The van der Waals surface area contributed by atoms with Crippen LogP contribution in [0.2, 0.25) is 0 Å². The number of halogens is 2. The fourth-order valence-electron chi connectivity index (χ4n) is 1.42. The number of alkyl halides is 2. The number of nitrogens with two attached hydrogens (primary N) is 1. The van der Waals surface area contributed by atoms with Crippen LogP contribution in [-0.4, -0.2) is 49.1 Å². The zero-order chi connectivity index (χ0) is 14.6. The molecule has 1 amide bonds. The van der Waals surface area contributed by atoms with E-state index in [1.807, 2.05) is 0 Å². The maximum Gasteiger partial charge on any atom is 0.265 e. The summed E-state index contributed by atoms with van der Waals surface area (Å²) in [5.74, 6) is -0.203. The van der Waals surface area contributed by atoms with Crippen LogP contribution < -0.4 is 11.1 Å². The number of rotatable bonds is 5. The first-order chi connectivity index (χ1) is 8.82. The molecule has 19 heavy (non-hydrogen) atoms. The van der Waals surface area contributed by atoms with Gasteiger partial charge in [-0.25, -0.2) is 8.78 Å². The van der Waals surface area contributed by atoms with Gasteiger partial charge in [0, 0.05) is 26.2 Å². The molecule has 1 atom stereocenters. The normalized spacial score (nSPS) is 12.3. The SMILES string of the molecule is CN(C)C(=O)c1ccc(NCC(O)C(F)F)c(N)c1. The molecule has 0 aliphatic rings. The molecule has 0 saturated heterocycles. The van der Waals surface area contributed by atoms with Gasteiger partial charge >= 0.3 is 0 Å². The maximum atomic E-state index is 12.1. The summed E-state index contributed by atoms with van der Waals surface area (Å²) in [6.07, 6.45) is -4.58. The minimum atomic E-state index is -2.82. The van der Waals surface area contributed by atoms with Gasteiger partial charge in [0.15, 0.2) is 0 Å². The number of benzene rings is 1. The molecule has 0 aromatic heterocycles. The summed E-state index contributed by atoms with van der Waals surface area (Å²) in [5.41, 5.74) is 6.78. The van der Waals surface area contributed by atoms with Crippen molar-refractivity contribution in [1.29, 1.82) is 0 Å². The van der Waals surface area contributed by atoms with Gasteiger partial charge in [-0.3, -0.25) is 4.79 Å². The van der Waals surface area contributed by atoms with Crippen molar-refractivity contribution < 1.29 is 18.7 Å². The first-order valence-corrected chi connectivity index (χ1v) is 5.64. The van der Waals surface area contributed by atoms with Crippen molar-refractivity contribution >= 4 is 17.3 Å². The Labute approximate surface area is 110 Å². The fraction of sp³-hybridized carbons (Fsp3) is 0.417. The van der Waals surface area contributed by atoms with E-state index in [4.69, 9.17) is 10.8 Å². The predicted octanol–water partition coefficient (Wildman–Crippen LogP) is 1.01. The molecule has 1 rings (SSSR count). The summed E-state index contributed by atoms with van der Waals surface area (Å²) in [6.45, 7) is -0.317. The second-order valence-corrected chi connectivity index (χ2v) is 4.28. The lowest BCUT2D eigenvalue weighted by molar-refractivity contribution is 0.00385. The number of hydrogen-bond donors (Lipinski definition) is 3. The van der Waals surface area contributed by atoms with Crippen molar-refractivity contribution in [3.8, 4) is 0 Å². The largest absolute Gasteiger partial charge is 0.397 e. The number of carbonyl (C=O) groups is 1. The van der Waals surface area contributed by atoms with Crippen LogP contribution in [0.15, 0.2) is 18.2 Å². The highest BCUT2D eigenvalue weighted by atomic mass is 19.3. The Bertz CT molecular complexity index is 453. The summed E-state index contributed by atoms with van der Waals surface area (Å²) in [5, 5.41) is 11.6. The van der Waals surface area contributed by atoms with Crippen LogP contribution in [0.4, 0.5) is 20.2 Å². The number of hydrogen-bond acceptors (Lipinski definition) is 4. The molecule has 0 radical (unpaired) electrons. The van der Waals surface area contributed by atoms with Crippen LogP contribution in [-0.2, 0) is 0 Å². The van der Waals surface area contributed by atoms with Crippen LogP contribution in [0.1, 0.15) is 10.4 Å². The second-order valence-electron chi connectivity index (χ2n) is 4.28. The van der Waals surface area contributed by atoms with E-state index in [1.165, 1.54) is 23.1 Å². The second kappa shape index (κ2) is 6.33. The van der Waals surface area contributed by atoms with E-state index >= 15 is 0 Å². The van der Waals surface area contributed by atoms with Crippen molar-refractivity contribution in [2.75, 3.05) is 31.7 Å². The van der Waals surface area contributed by atoms with Gasteiger partial charge in [0.05, 0.1) is 11.4 Å². The number of amides is 1. The molecular formula is C12H17F2N3O2. The smallest absolute Gasteiger partial charge is 0.265 e. The number of nitrogens with one attached hydrogen (secondary N) is 1. The molecule has 4 N–H and O–H groups in total. The van der Waals surface area contributed by atoms with E-state index in [0.29, 0.717) is 11.3 Å². The Balaban J connectivity index is 2.75. The van der Waals surface area contributed by atoms with Gasteiger partial charge in [-0.05, 0) is 18.2 Å². The third kappa shape index (κ3) is 4.06. The highest BCUT2D eigenvalue weighted by Gasteiger charge is 2.17. The molecule has 0 aliphatic heterocycles. The number of nitrogens with zero attached hydrogens (tertiary/aromatic N) is 1. The van der Waals surface area contributed by atoms with Gasteiger partial charge in [0.2, 0.25) is 0 Å². The molecule has 0 spiro atoms. The molecule has 1 aromatic carbocycles. The van der Waals surface area contributed by atoms with Gasteiger partial charge in [0.25, 0.3) is 12.3 Å². The molecule has 106 valence electrons. The lowest BCUT2D eigenvalue weighted by Crippen LogP contribution is -2.27. The minimum Gasteiger partial charge on any atom is -0.397 e. The molecular weight excluding hydrogens is 256 g/mol.